The summed E-state index contributed by atoms with van der Waals surface area (Å²) < 4.78 is 1.22. The number of aromatic amines is 1. The Hall–Kier alpha value is -1.89. The van der Waals surface area contributed by atoms with Crippen LogP contribution in [-0.2, 0) is 6.54 Å². The van der Waals surface area contributed by atoms with Gasteiger partial charge in [0.15, 0.2) is 0 Å². The molecule has 0 amide bonds. The maximum Gasteiger partial charge on any atom is 0.331 e. The molecule has 1 aromatic heterocycles. The molecule has 1 saturated heterocycles. The summed E-state index contributed by atoms with van der Waals surface area (Å²) in [5.74, 6) is -0.278. The van der Waals surface area contributed by atoms with E-state index in [0.29, 0.717) is 18.8 Å². The van der Waals surface area contributed by atoms with Crippen molar-refractivity contribution < 1.29 is 5.11 Å². The van der Waals surface area contributed by atoms with Crippen molar-refractivity contribution in [1.29, 1.82) is 0 Å². The molecule has 1 aliphatic rings. The van der Waals surface area contributed by atoms with Gasteiger partial charge in [0.25, 0.3) is 5.56 Å². The summed E-state index contributed by atoms with van der Waals surface area (Å²) in [5, 5.41) is 10.4. The predicted molar refractivity (Wildman–Crippen MR) is 99.9 cm³/mol. The van der Waals surface area contributed by atoms with Gasteiger partial charge in [-0.15, -0.1) is 0 Å². The Balaban J connectivity index is 2.05. The number of unbranched alkanes of at least 4 members (excludes halogenated alkanes) is 1. The minimum Gasteiger partial charge on any atom is -0.494 e. The number of rotatable bonds is 8. The minimum absolute atomic E-state index is 0.105. The molecule has 7 heteroatoms. The second-order valence-corrected chi connectivity index (χ2v) is 6.69. The zero-order valence-electron chi connectivity index (χ0n) is 15.4. The van der Waals surface area contributed by atoms with Crippen LogP contribution in [0.4, 0.5) is 0 Å². The van der Waals surface area contributed by atoms with Gasteiger partial charge in [-0.05, 0) is 52.2 Å². The molecule has 0 atom stereocenters. The Morgan fingerprint density at radius 3 is 2.56 bits per heavy atom. The van der Waals surface area contributed by atoms with Gasteiger partial charge in [0, 0.05) is 18.8 Å². The lowest BCUT2D eigenvalue weighted by atomic mass is 10.1. The summed E-state index contributed by atoms with van der Waals surface area (Å²) in [6, 6.07) is 0. The maximum atomic E-state index is 12.1. The van der Waals surface area contributed by atoms with Gasteiger partial charge in [-0.3, -0.25) is 19.3 Å². The van der Waals surface area contributed by atoms with E-state index in [1.54, 1.807) is 6.92 Å². The molecule has 0 unspecified atom stereocenters. The van der Waals surface area contributed by atoms with Gasteiger partial charge in [0.2, 0.25) is 5.88 Å². The fraction of sp³-hybridized carbons (Fsp3) is 0.722. The van der Waals surface area contributed by atoms with Crippen molar-refractivity contribution in [1.82, 2.24) is 14.5 Å². The molecular weight excluding hydrogens is 320 g/mol. The van der Waals surface area contributed by atoms with Crippen molar-refractivity contribution in [2.45, 2.75) is 58.9 Å². The average molecular weight is 350 g/mol. The number of nitrogens with zero attached hydrogens (tertiary/aromatic N) is 3. The number of H-pyrrole nitrogens is 1. The molecular formula is C18H30N4O3. The molecule has 0 spiro atoms. The molecule has 2 N–H and O–H groups in total. The Morgan fingerprint density at radius 1 is 1.16 bits per heavy atom. The first kappa shape index (κ1) is 19.4. The van der Waals surface area contributed by atoms with Crippen molar-refractivity contribution in [2.24, 2.45) is 4.99 Å². The number of aliphatic imine (C=N–C) groups is 1. The zero-order valence-corrected chi connectivity index (χ0v) is 15.4. The third-order valence-corrected chi connectivity index (χ3v) is 4.70. The topological polar surface area (TPSA) is 90.7 Å². The van der Waals surface area contributed by atoms with E-state index in [1.807, 2.05) is 6.92 Å². The first-order valence-electron chi connectivity index (χ1n) is 9.34. The zero-order chi connectivity index (χ0) is 18.2. The van der Waals surface area contributed by atoms with Crippen molar-refractivity contribution in [3.8, 4) is 5.88 Å². The highest BCUT2D eigenvalue weighted by molar-refractivity contribution is 6.00. The third kappa shape index (κ3) is 5.29. The summed E-state index contributed by atoms with van der Waals surface area (Å²) in [6.07, 6.45) is 6.43. The summed E-state index contributed by atoms with van der Waals surface area (Å²) in [6.45, 7) is 8.03. The van der Waals surface area contributed by atoms with Crippen LogP contribution in [-0.4, -0.2) is 51.4 Å². The highest BCUT2D eigenvalue weighted by Crippen LogP contribution is 2.13. The highest BCUT2D eigenvalue weighted by Gasteiger charge is 2.16. The fourth-order valence-electron chi connectivity index (χ4n) is 3.21. The summed E-state index contributed by atoms with van der Waals surface area (Å²) >= 11 is 0. The lowest BCUT2D eigenvalue weighted by Gasteiger charge is -2.25. The molecule has 140 valence electrons. The maximum absolute atomic E-state index is 12.1. The number of piperidine rings is 1. The molecule has 0 saturated carbocycles. The standard InChI is InChI=1S/C18H30N4O3/c1-3-4-13-22-17(24)15(16(23)20-18(22)25)14(2)19-9-8-12-21-10-6-5-7-11-21/h24H,3-13H2,1-2H3,(H,20,23,25). The third-order valence-electron chi connectivity index (χ3n) is 4.70. The van der Waals surface area contributed by atoms with Crippen molar-refractivity contribution in [2.75, 3.05) is 26.2 Å². The lowest BCUT2D eigenvalue weighted by molar-refractivity contribution is 0.228. The van der Waals surface area contributed by atoms with Crippen LogP contribution in [0.3, 0.4) is 0 Å². The Bertz CT molecular complexity index is 699. The van der Waals surface area contributed by atoms with Gasteiger partial charge in [-0.2, -0.15) is 0 Å². The van der Waals surface area contributed by atoms with E-state index in [1.165, 1.54) is 23.8 Å². The second kappa shape index (κ2) is 9.56. The largest absolute Gasteiger partial charge is 0.494 e. The van der Waals surface area contributed by atoms with Crippen molar-refractivity contribution in [3.05, 3.63) is 26.4 Å². The van der Waals surface area contributed by atoms with Crippen LogP contribution >= 0.6 is 0 Å². The molecule has 0 aliphatic carbocycles. The summed E-state index contributed by atoms with van der Waals surface area (Å²) in [5.41, 5.74) is -0.568. The van der Waals surface area contributed by atoms with E-state index in [4.69, 9.17) is 0 Å². The van der Waals surface area contributed by atoms with Gasteiger partial charge < -0.3 is 10.0 Å². The van der Waals surface area contributed by atoms with Crippen LogP contribution in [0.5, 0.6) is 5.88 Å². The average Bonchev–Trinajstić information content (AvgIpc) is 2.59. The Morgan fingerprint density at radius 2 is 1.88 bits per heavy atom. The molecule has 0 aromatic carbocycles. The minimum atomic E-state index is -0.576. The molecule has 1 aromatic rings. The van der Waals surface area contributed by atoms with E-state index >= 15 is 0 Å². The van der Waals surface area contributed by atoms with Crippen LogP contribution in [0, 0.1) is 0 Å². The van der Waals surface area contributed by atoms with Crippen molar-refractivity contribution >= 4 is 5.71 Å². The fourth-order valence-corrected chi connectivity index (χ4v) is 3.21. The quantitative estimate of drug-likeness (QED) is 0.552. The molecule has 0 bridgehead atoms. The molecule has 1 aliphatic heterocycles. The molecule has 0 radical (unpaired) electrons. The Kier molecular flexibility index (Phi) is 7.43. The molecule has 2 heterocycles. The van der Waals surface area contributed by atoms with Gasteiger partial charge >= 0.3 is 5.69 Å². The molecule has 7 nitrogen and oxygen atoms in total. The lowest BCUT2D eigenvalue weighted by Crippen LogP contribution is -2.33. The number of aromatic hydroxyl groups is 1. The van der Waals surface area contributed by atoms with E-state index < -0.39 is 11.2 Å². The van der Waals surface area contributed by atoms with Gasteiger partial charge in [0.1, 0.15) is 5.56 Å². The number of hydrogen-bond donors (Lipinski definition) is 2. The SMILES string of the molecule is CCCCn1c(O)c(C(C)=NCCCN2CCCCC2)c(=O)[nH]c1=O. The molecule has 1 fully saturated rings. The number of nitrogens with one attached hydrogen (secondary N) is 1. The van der Waals surface area contributed by atoms with Crippen LogP contribution < -0.4 is 11.2 Å². The summed E-state index contributed by atoms with van der Waals surface area (Å²) in [7, 11) is 0. The Labute approximate surface area is 148 Å². The number of aromatic nitrogens is 2. The number of hydrogen-bond acceptors (Lipinski definition) is 5. The van der Waals surface area contributed by atoms with E-state index in [-0.39, 0.29) is 11.4 Å². The molecule has 2 rings (SSSR count). The van der Waals surface area contributed by atoms with E-state index in [2.05, 4.69) is 14.9 Å². The second-order valence-electron chi connectivity index (χ2n) is 6.69. The van der Waals surface area contributed by atoms with Crippen LogP contribution in [0.2, 0.25) is 0 Å². The normalized spacial score (nSPS) is 16.3. The highest BCUT2D eigenvalue weighted by atomic mass is 16.3. The predicted octanol–water partition coefficient (Wildman–Crippen LogP) is 1.73. The van der Waals surface area contributed by atoms with E-state index in [9.17, 15) is 14.7 Å². The van der Waals surface area contributed by atoms with Gasteiger partial charge in [0.05, 0.1) is 0 Å². The van der Waals surface area contributed by atoms with Crippen LogP contribution in [0.15, 0.2) is 14.6 Å². The number of likely N-dealkylation sites (tertiary alicyclic amines) is 1. The van der Waals surface area contributed by atoms with E-state index in [0.717, 1.165) is 38.9 Å². The smallest absolute Gasteiger partial charge is 0.331 e. The first-order chi connectivity index (χ1) is 12.0. The monoisotopic (exact) mass is 350 g/mol. The van der Waals surface area contributed by atoms with Crippen molar-refractivity contribution in [3.63, 3.8) is 0 Å². The summed E-state index contributed by atoms with van der Waals surface area (Å²) in [4.78, 5) is 33.1. The van der Waals surface area contributed by atoms with Crippen LogP contribution in [0.25, 0.3) is 0 Å². The first-order valence-corrected chi connectivity index (χ1v) is 9.34. The van der Waals surface area contributed by atoms with Gasteiger partial charge in [-0.25, -0.2) is 4.79 Å². The molecule has 25 heavy (non-hydrogen) atoms. The van der Waals surface area contributed by atoms with Crippen LogP contribution in [0.1, 0.15) is 57.9 Å². The van der Waals surface area contributed by atoms with Gasteiger partial charge in [-0.1, -0.05) is 19.8 Å².